The predicted octanol–water partition coefficient (Wildman–Crippen LogP) is 4.09. The van der Waals surface area contributed by atoms with E-state index >= 15 is 0 Å². The number of H-pyrrole nitrogens is 1. The largest absolute Gasteiger partial charge is 0.357 e. The molecule has 1 aliphatic heterocycles. The molecule has 1 amide bonds. The van der Waals surface area contributed by atoms with Crippen LogP contribution in [0.4, 0.5) is 4.39 Å². The van der Waals surface area contributed by atoms with Crippen LogP contribution < -0.4 is 0 Å². The summed E-state index contributed by atoms with van der Waals surface area (Å²) < 4.78 is 13.5. The van der Waals surface area contributed by atoms with Gasteiger partial charge in [0.15, 0.2) is 0 Å². The smallest absolute Gasteiger partial charge is 0.227 e. The van der Waals surface area contributed by atoms with Gasteiger partial charge in [0, 0.05) is 28.2 Å². The van der Waals surface area contributed by atoms with Crippen molar-refractivity contribution >= 4 is 28.4 Å². The van der Waals surface area contributed by atoms with Crippen LogP contribution in [-0.2, 0) is 24.2 Å². The molecule has 1 aliphatic rings. The Morgan fingerprint density at radius 2 is 2.00 bits per heavy atom. The van der Waals surface area contributed by atoms with Crippen molar-refractivity contribution < 1.29 is 9.18 Å². The summed E-state index contributed by atoms with van der Waals surface area (Å²) in [4.78, 5) is 17.7. The number of carbonyl (C=O) groups is 1. The Morgan fingerprint density at radius 3 is 2.79 bits per heavy atom. The molecule has 0 saturated carbocycles. The minimum Gasteiger partial charge on any atom is -0.357 e. The van der Waals surface area contributed by atoms with E-state index in [2.05, 4.69) is 4.98 Å². The maximum atomic E-state index is 13.5. The van der Waals surface area contributed by atoms with E-state index in [1.54, 1.807) is 24.3 Å². The molecule has 1 N–H and O–H groups in total. The van der Waals surface area contributed by atoms with Crippen LogP contribution in [0.3, 0.4) is 0 Å². The maximum absolute atomic E-state index is 13.5. The second kappa shape index (κ2) is 5.95. The van der Waals surface area contributed by atoms with Gasteiger partial charge in [-0.2, -0.15) is 0 Å². The summed E-state index contributed by atoms with van der Waals surface area (Å²) in [6.45, 7) is 1.20. The van der Waals surface area contributed by atoms with Crippen LogP contribution in [-0.4, -0.2) is 22.3 Å². The Bertz CT molecular complexity index is 917. The van der Waals surface area contributed by atoms with E-state index < -0.39 is 0 Å². The average Bonchev–Trinajstić information content (AvgIpc) is 2.94. The number of halogens is 2. The molecule has 0 spiro atoms. The van der Waals surface area contributed by atoms with Crippen LogP contribution in [0, 0.1) is 5.82 Å². The molecule has 0 radical (unpaired) electrons. The van der Waals surface area contributed by atoms with E-state index in [4.69, 9.17) is 11.6 Å². The van der Waals surface area contributed by atoms with E-state index in [9.17, 15) is 9.18 Å². The van der Waals surface area contributed by atoms with Crippen molar-refractivity contribution in [3.8, 4) is 0 Å². The van der Waals surface area contributed by atoms with Crippen LogP contribution in [0.5, 0.6) is 0 Å². The minimum absolute atomic E-state index is 0.0906. The molecule has 5 heteroatoms. The van der Waals surface area contributed by atoms with Crippen LogP contribution >= 0.6 is 11.6 Å². The molecule has 122 valence electrons. The third kappa shape index (κ3) is 2.78. The fourth-order valence-corrected chi connectivity index (χ4v) is 3.44. The van der Waals surface area contributed by atoms with Crippen molar-refractivity contribution in [1.82, 2.24) is 9.88 Å². The summed E-state index contributed by atoms with van der Waals surface area (Å²) in [5.41, 5.74) is 4.01. The number of fused-ring (bicyclic) bond motifs is 3. The Morgan fingerprint density at radius 1 is 1.21 bits per heavy atom. The van der Waals surface area contributed by atoms with Crippen LogP contribution in [0.15, 0.2) is 42.5 Å². The average molecular weight is 343 g/mol. The van der Waals surface area contributed by atoms with Crippen LogP contribution in [0.25, 0.3) is 10.9 Å². The Labute approximate surface area is 144 Å². The monoisotopic (exact) mass is 342 g/mol. The summed E-state index contributed by atoms with van der Waals surface area (Å²) in [6.07, 6.45) is 1.10. The zero-order chi connectivity index (χ0) is 16.7. The first kappa shape index (κ1) is 15.2. The molecule has 0 aliphatic carbocycles. The Hall–Kier alpha value is -2.33. The molecule has 0 bridgehead atoms. The number of carbonyl (C=O) groups excluding carboxylic acids is 1. The summed E-state index contributed by atoms with van der Waals surface area (Å²) >= 11 is 5.88. The SMILES string of the molecule is O=C(Cc1ccc(Cl)cc1)N1CCc2c([nH]c3ccc(F)cc23)C1. The lowest BCUT2D eigenvalue weighted by Gasteiger charge is -2.27. The van der Waals surface area contributed by atoms with Crippen molar-refractivity contribution in [2.75, 3.05) is 6.54 Å². The standard InChI is InChI=1S/C19H16ClFN2O/c20-13-3-1-12(2-4-13)9-19(24)23-8-7-15-16-10-14(21)5-6-17(16)22-18(15)11-23/h1-6,10,22H,7-9,11H2. The summed E-state index contributed by atoms with van der Waals surface area (Å²) in [5.74, 6) is -0.140. The number of hydrogen-bond acceptors (Lipinski definition) is 1. The highest BCUT2D eigenvalue weighted by atomic mass is 35.5. The zero-order valence-corrected chi connectivity index (χ0v) is 13.7. The molecule has 0 fully saturated rings. The first-order valence-corrected chi connectivity index (χ1v) is 8.29. The van der Waals surface area contributed by atoms with E-state index in [1.807, 2.05) is 17.0 Å². The number of aromatic nitrogens is 1. The zero-order valence-electron chi connectivity index (χ0n) is 13.0. The van der Waals surface area contributed by atoms with Crippen LogP contribution in [0.1, 0.15) is 16.8 Å². The molecule has 2 heterocycles. The highest BCUT2D eigenvalue weighted by Crippen LogP contribution is 2.28. The number of rotatable bonds is 2. The van der Waals surface area contributed by atoms with E-state index in [-0.39, 0.29) is 11.7 Å². The van der Waals surface area contributed by atoms with Gasteiger partial charge < -0.3 is 9.88 Å². The van der Waals surface area contributed by atoms with Crippen LogP contribution in [0.2, 0.25) is 5.02 Å². The molecule has 4 rings (SSSR count). The number of aromatic amines is 1. The molecular formula is C19H16ClFN2O. The van der Waals surface area contributed by atoms with Gasteiger partial charge in [0.2, 0.25) is 5.91 Å². The van der Waals surface area contributed by atoms with Crippen molar-refractivity contribution in [2.45, 2.75) is 19.4 Å². The van der Waals surface area contributed by atoms with Gasteiger partial charge in [-0.05, 0) is 47.9 Å². The highest BCUT2D eigenvalue weighted by molar-refractivity contribution is 6.30. The van der Waals surface area contributed by atoms with Gasteiger partial charge in [-0.25, -0.2) is 4.39 Å². The number of nitrogens with zero attached hydrogens (tertiary/aromatic N) is 1. The van der Waals surface area contributed by atoms with E-state index in [1.165, 1.54) is 6.07 Å². The Kier molecular flexibility index (Phi) is 3.77. The van der Waals surface area contributed by atoms with Gasteiger partial charge in [-0.15, -0.1) is 0 Å². The third-order valence-corrected chi connectivity index (χ3v) is 4.81. The topological polar surface area (TPSA) is 36.1 Å². The van der Waals surface area contributed by atoms with Crippen molar-refractivity contribution in [3.05, 3.63) is 70.1 Å². The quantitative estimate of drug-likeness (QED) is 0.748. The number of benzene rings is 2. The van der Waals surface area contributed by atoms with Gasteiger partial charge >= 0.3 is 0 Å². The molecule has 0 saturated heterocycles. The molecule has 0 unspecified atom stereocenters. The predicted molar refractivity (Wildman–Crippen MR) is 92.5 cm³/mol. The molecular weight excluding hydrogens is 327 g/mol. The highest BCUT2D eigenvalue weighted by Gasteiger charge is 2.24. The normalized spacial score (nSPS) is 14.0. The molecule has 0 atom stereocenters. The van der Waals surface area contributed by atoms with Gasteiger partial charge in [0.25, 0.3) is 0 Å². The lowest BCUT2D eigenvalue weighted by Crippen LogP contribution is -2.36. The second-order valence-corrected chi connectivity index (χ2v) is 6.58. The minimum atomic E-state index is -0.231. The summed E-state index contributed by atoms with van der Waals surface area (Å²) in [7, 11) is 0. The summed E-state index contributed by atoms with van der Waals surface area (Å²) in [6, 6.07) is 12.1. The first-order valence-electron chi connectivity index (χ1n) is 7.91. The van der Waals surface area contributed by atoms with E-state index in [0.717, 1.165) is 34.1 Å². The number of hydrogen-bond donors (Lipinski definition) is 1. The van der Waals surface area contributed by atoms with E-state index in [0.29, 0.717) is 24.5 Å². The maximum Gasteiger partial charge on any atom is 0.227 e. The summed E-state index contributed by atoms with van der Waals surface area (Å²) in [5, 5.41) is 1.59. The molecule has 3 aromatic rings. The van der Waals surface area contributed by atoms with Crippen molar-refractivity contribution in [2.24, 2.45) is 0 Å². The molecule has 24 heavy (non-hydrogen) atoms. The third-order valence-electron chi connectivity index (χ3n) is 4.56. The van der Waals surface area contributed by atoms with Gasteiger partial charge in [0.05, 0.1) is 13.0 Å². The van der Waals surface area contributed by atoms with Crippen molar-refractivity contribution in [1.29, 1.82) is 0 Å². The van der Waals surface area contributed by atoms with Gasteiger partial charge in [-0.3, -0.25) is 4.79 Å². The molecule has 3 nitrogen and oxygen atoms in total. The number of nitrogens with one attached hydrogen (secondary N) is 1. The lowest BCUT2D eigenvalue weighted by atomic mass is 10.0. The fourth-order valence-electron chi connectivity index (χ4n) is 3.31. The van der Waals surface area contributed by atoms with Gasteiger partial charge in [-0.1, -0.05) is 23.7 Å². The first-order chi connectivity index (χ1) is 11.6. The molecule has 2 aromatic carbocycles. The fraction of sp³-hybridized carbons (Fsp3) is 0.211. The second-order valence-electron chi connectivity index (χ2n) is 6.14. The number of amides is 1. The van der Waals surface area contributed by atoms with Crippen molar-refractivity contribution in [3.63, 3.8) is 0 Å². The Balaban J connectivity index is 1.54. The van der Waals surface area contributed by atoms with Gasteiger partial charge in [0.1, 0.15) is 5.82 Å². The lowest BCUT2D eigenvalue weighted by molar-refractivity contribution is -0.131. The molecule has 1 aromatic heterocycles.